The van der Waals surface area contributed by atoms with Crippen molar-refractivity contribution in [2.24, 2.45) is 4.99 Å². The van der Waals surface area contributed by atoms with E-state index in [1.807, 2.05) is 13.0 Å². The van der Waals surface area contributed by atoms with Crippen molar-refractivity contribution in [3.63, 3.8) is 0 Å². The molecule has 2 aromatic rings. The van der Waals surface area contributed by atoms with Crippen LogP contribution in [0.25, 0.3) is 0 Å². The van der Waals surface area contributed by atoms with Crippen LogP contribution in [-0.4, -0.2) is 19.6 Å². The molecular weight excluding hydrogens is 305 g/mol. The predicted molar refractivity (Wildman–Crippen MR) is 95.2 cm³/mol. The number of hydrogen-bond acceptors (Lipinski definition) is 2. The Labute approximate surface area is 142 Å². The van der Waals surface area contributed by atoms with E-state index in [1.165, 1.54) is 6.07 Å². The van der Waals surface area contributed by atoms with Crippen LogP contribution in [0.3, 0.4) is 0 Å². The van der Waals surface area contributed by atoms with Gasteiger partial charge in [0, 0.05) is 32.3 Å². The van der Waals surface area contributed by atoms with Gasteiger partial charge in [-0.2, -0.15) is 0 Å². The van der Waals surface area contributed by atoms with Crippen LogP contribution in [0, 0.1) is 5.82 Å². The summed E-state index contributed by atoms with van der Waals surface area (Å²) in [5, 5.41) is 6.34. The molecule has 0 heterocycles. The number of halogens is 1. The van der Waals surface area contributed by atoms with Gasteiger partial charge in [0.15, 0.2) is 5.96 Å². The van der Waals surface area contributed by atoms with Gasteiger partial charge in [-0.05, 0) is 24.1 Å². The number of hydrogen-bond donors (Lipinski definition) is 2. The molecule has 0 amide bonds. The quantitative estimate of drug-likeness (QED) is 0.605. The van der Waals surface area contributed by atoms with E-state index in [0.717, 1.165) is 11.1 Å². The highest BCUT2D eigenvalue weighted by molar-refractivity contribution is 5.79. The molecule has 0 saturated carbocycles. The van der Waals surface area contributed by atoms with Crippen molar-refractivity contribution >= 4 is 5.96 Å². The van der Waals surface area contributed by atoms with Crippen molar-refractivity contribution in [2.45, 2.75) is 26.6 Å². The fourth-order valence-electron chi connectivity index (χ4n) is 2.20. The first-order valence-corrected chi connectivity index (χ1v) is 8.06. The van der Waals surface area contributed by atoms with Gasteiger partial charge in [0.05, 0.1) is 6.61 Å². The maximum absolute atomic E-state index is 13.6. The smallest absolute Gasteiger partial charge is 0.191 e. The molecule has 0 aromatic heterocycles. The number of nitrogens with zero attached hydrogens (tertiary/aromatic N) is 1. The van der Waals surface area contributed by atoms with Gasteiger partial charge in [0.2, 0.25) is 0 Å². The Bertz CT molecular complexity index is 656. The fourth-order valence-corrected chi connectivity index (χ4v) is 2.20. The van der Waals surface area contributed by atoms with Crippen molar-refractivity contribution < 1.29 is 9.13 Å². The molecule has 5 heteroatoms. The summed E-state index contributed by atoms with van der Waals surface area (Å²) in [6, 6.07) is 15.0. The third kappa shape index (κ3) is 5.66. The monoisotopic (exact) mass is 329 g/mol. The number of guanidine groups is 1. The minimum atomic E-state index is -0.217. The molecule has 24 heavy (non-hydrogen) atoms. The molecule has 128 valence electrons. The Hall–Kier alpha value is -2.40. The SMILES string of the molecule is CCOCc1ccc(CNC(=NC)NCc2ccccc2F)cc1. The third-order valence-corrected chi connectivity index (χ3v) is 3.58. The average molecular weight is 329 g/mol. The minimum Gasteiger partial charge on any atom is -0.377 e. The molecule has 0 radical (unpaired) electrons. The Kier molecular flexibility index (Phi) is 7.23. The van der Waals surface area contributed by atoms with Crippen LogP contribution in [-0.2, 0) is 24.4 Å². The Morgan fingerprint density at radius 1 is 1.00 bits per heavy atom. The molecule has 4 nitrogen and oxygen atoms in total. The number of benzene rings is 2. The van der Waals surface area contributed by atoms with E-state index in [0.29, 0.717) is 37.8 Å². The summed E-state index contributed by atoms with van der Waals surface area (Å²) in [7, 11) is 1.70. The highest BCUT2D eigenvalue weighted by Gasteiger charge is 2.03. The average Bonchev–Trinajstić information content (AvgIpc) is 2.62. The van der Waals surface area contributed by atoms with E-state index in [1.54, 1.807) is 19.2 Å². The lowest BCUT2D eigenvalue weighted by Gasteiger charge is -2.12. The number of nitrogens with one attached hydrogen (secondary N) is 2. The first kappa shape index (κ1) is 17.9. The Morgan fingerprint density at radius 3 is 2.33 bits per heavy atom. The number of aliphatic imine (C=N–C) groups is 1. The van der Waals surface area contributed by atoms with E-state index in [4.69, 9.17) is 4.74 Å². The lowest BCUT2D eigenvalue weighted by molar-refractivity contribution is 0.134. The van der Waals surface area contributed by atoms with Crippen LogP contribution in [0.2, 0.25) is 0 Å². The van der Waals surface area contributed by atoms with Crippen molar-refractivity contribution in [3.05, 3.63) is 71.0 Å². The van der Waals surface area contributed by atoms with Crippen LogP contribution < -0.4 is 10.6 Å². The van der Waals surface area contributed by atoms with Gasteiger partial charge in [-0.25, -0.2) is 4.39 Å². The molecule has 0 bridgehead atoms. The van der Waals surface area contributed by atoms with Crippen molar-refractivity contribution in [1.29, 1.82) is 0 Å². The van der Waals surface area contributed by atoms with Crippen LogP contribution >= 0.6 is 0 Å². The summed E-state index contributed by atoms with van der Waals surface area (Å²) >= 11 is 0. The highest BCUT2D eigenvalue weighted by atomic mass is 19.1. The molecular formula is C19H24FN3O. The maximum Gasteiger partial charge on any atom is 0.191 e. The van der Waals surface area contributed by atoms with Gasteiger partial charge in [0.1, 0.15) is 5.82 Å². The van der Waals surface area contributed by atoms with E-state index < -0.39 is 0 Å². The Morgan fingerprint density at radius 2 is 1.67 bits per heavy atom. The molecule has 0 unspecified atom stereocenters. The lowest BCUT2D eigenvalue weighted by atomic mass is 10.1. The molecule has 0 saturated heterocycles. The first-order chi connectivity index (χ1) is 11.7. The van der Waals surface area contributed by atoms with E-state index in [9.17, 15) is 4.39 Å². The van der Waals surface area contributed by atoms with Crippen LogP contribution in [0.1, 0.15) is 23.6 Å². The summed E-state index contributed by atoms with van der Waals surface area (Å²) < 4.78 is 19.0. The maximum atomic E-state index is 13.6. The topological polar surface area (TPSA) is 45.6 Å². The van der Waals surface area contributed by atoms with Crippen molar-refractivity contribution in [2.75, 3.05) is 13.7 Å². The van der Waals surface area contributed by atoms with Gasteiger partial charge in [-0.1, -0.05) is 42.5 Å². The summed E-state index contributed by atoms with van der Waals surface area (Å²) in [4.78, 5) is 4.16. The Balaban J connectivity index is 1.82. The van der Waals surface area contributed by atoms with E-state index in [-0.39, 0.29) is 5.82 Å². The minimum absolute atomic E-state index is 0.217. The molecule has 0 aliphatic rings. The molecule has 2 N–H and O–H groups in total. The van der Waals surface area contributed by atoms with Crippen LogP contribution in [0.5, 0.6) is 0 Å². The molecule has 0 aliphatic heterocycles. The molecule has 0 spiro atoms. The van der Waals surface area contributed by atoms with Gasteiger partial charge >= 0.3 is 0 Å². The fraction of sp³-hybridized carbons (Fsp3) is 0.316. The molecule has 0 fully saturated rings. The molecule has 0 atom stereocenters. The largest absolute Gasteiger partial charge is 0.377 e. The molecule has 0 aliphatic carbocycles. The standard InChI is InChI=1S/C19H24FN3O/c1-3-24-14-16-10-8-15(9-11-16)12-22-19(21-2)23-13-17-6-4-5-7-18(17)20/h4-11H,3,12-14H2,1-2H3,(H2,21,22,23). The zero-order chi connectivity index (χ0) is 17.2. The third-order valence-electron chi connectivity index (χ3n) is 3.58. The van der Waals surface area contributed by atoms with Crippen molar-refractivity contribution in [1.82, 2.24) is 10.6 Å². The van der Waals surface area contributed by atoms with Gasteiger partial charge in [0.25, 0.3) is 0 Å². The lowest BCUT2D eigenvalue weighted by Crippen LogP contribution is -2.36. The first-order valence-electron chi connectivity index (χ1n) is 8.06. The second kappa shape index (κ2) is 9.67. The number of rotatable bonds is 7. The predicted octanol–water partition coefficient (Wildman–Crippen LogP) is 3.23. The van der Waals surface area contributed by atoms with Crippen LogP contribution in [0.4, 0.5) is 4.39 Å². The second-order valence-electron chi connectivity index (χ2n) is 5.32. The summed E-state index contributed by atoms with van der Waals surface area (Å²) in [6.45, 7) is 4.37. The highest BCUT2D eigenvalue weighted by Crippen LogP contribution is 2.07. The summed E-state index contributed by atoms with van der Waals surface area (Å²) in [6.07, 6.45) is 0. The number of ether oxygens (including phenoxy) is 1. The zero-order valence-electron chi connectivity index (χ0n) is 14.2. The zero-order valence-corrected chi connectivity index (χ0v) is 14.2. The van der Waals surface area contributed by atoms with E-state index >= 15 is 0 Å². The molecule has 2 rings (SSSR count). The van der Waals surface area contributed by atoms with E-state index in [2.05, 4.69) is 39.9 Å². The second-order valence-corrected chi connectivity index (χ2v) is 5.32. The van der Waals surface area contributed by atoms with Gasteiger partial charge < -0.3 is 15.4 Å². The van der Waals surface area contributed by atoms with Gasteiger partial charge in [-0.15, -0.1) is 0 Å². The molecule has 2 aromatic carbocycles. The summed E-state index contributed by atoms with van der Waals surface area (Å²) in [5.74, 6) is 0.419. The van der Waals surface area contributed by atoms with Crippen LogP contribution in [0.15, 0.2) is 53.5 Å². The normalized spacial score (nSPS) is 11.4. The van der Waals surface area contributed by atoms with Gasteiger partial charge in [-0.3, -0.25) is 4.99 Å². The van der Waals surface area contributed by atoms with Crippen molar-refractivity contribution in [3.8, 4) is 0 Å². The summed E-state index contributed by atoms with van der Waals surface area (Å²) in [5.41, 5.74) is 2.91.